The smallest absolute Gasteiger partial charge is 0.408 e. The number of hydrogen-bond acceptors (Lipinski definition) is 9. The highest BCUT2D eigenvalue weighted by atomic mass is 16.6. The molecule has 296 valence electrons. The number of ketones is 1. The summed E-state index contributed by atoms with van der Waals surface area (Å²) in [6.07, 6.45) is -0.752. The molecule has 2 rings (SSSR count). The fourth-order valence-electron chi connectivity index (χ4n) is 5.76. The zero-order chi connectivity index (χ0) is 40.5. The lowest BCUT2D eigenvalue weighted by atomic mass is 9.85. The van der Waals surface area contributed by atoms with Crippen molar-refractivity contribution >= 4 is 41.4 Å². The molecule has 1 aliphatic rings. The Morgan fingerprint density at radius 3 is 1.98 bits per heavy atom. The topological polar surface area (TPSA) is 193 Å². The Kier molecular flexibility index (Phi) is 15.6. The molecule has 0 radical (unpaired) electrons. The summed E-state index contributed by atoms with van der Waals surface area (Å²) in [6, 6.07) is 4.01. The van der Waals surface area contributed by atoms with Gasteiger partial charge in [0.25, 0.3) is 5.91 Å². The second-order valence-electron chi connectivity index (χ2n) is 16.5. The van der Waals surface area contributed by atoms with E-state index in [0.29, 0.717) is 18.4 Å². The summed E-state index contributed by atoms with van der Waals surface area (Å²) in [5.41, 5.74) is -1.76. The lowest BCUT2D eigenvalue weighted by Crippen LogP contribution is -2.61. The first-order valence-electron chi connectivity index (χ1n) is 18.0. The van der Waals surface area contributed by atoms with Crippen LogP contribution in [0.25, 0.3) is 0 Å². The van der Waals surface area contributed by atoms with Crippen LogP contribution in [0, 0.1) is 5.41 Å². The second-order valence-corrected chi connectivity index (χ2v) is 16.5. The van der Waals surface area contributed by atoms with E-state index in [1.165, 1.54) is 9.80 Å². The minimum atomic E-state index is -1.28. The standard InChI is InChI=1S/C38H60N6O9/c1-13-17-24(29(46)32(48)39-22-26(45)41-27(33(49)43(11)12)23-18-15-14-16-19-23)40-31(47)28-25(52-37(5,6)7)20-21-44(28)34(50)30(36(2,3)4)42-35(51)53-38(8,9)10/h14-16,18-19,24-25,27-28,30H,13,17,20-22H2,1-12H3,(H,39,48)(H,40,47)(H,41,45)(H,42,51)/t24-,25+,27?,28?,30-/m1/s1. The summed E-state index contributed by atoms with van der Waals surface area (Å²) >= 11 is 0. The van der Waals surface area contributed by atoms with Gasteiger partial charge >= 0.3 is 6.09 Å². The molecule has 15 heteroatoms. The monoisotopic (exact) mass is 744 g/mol. The summed E-state index contributed by atoms with van der Waals surface area (Å²) < 4.78 is 11.6. The molecule has 15 nitrogen and oxygen atoms in total. The second kappa shape index (κ2) is 18.5. The predicted molar refractivity (Wildman–Crippen MR) is 198 cm³/mol. The maximum atomic E-state index is 14.2. The Bertz CT molecular complexity index is 1480. The average molecular weight is 745 g/mol. The summed E-state index contributed by atoms with van der Waals surface area (Å²) in [5.74, 6) is -4.43. The fourth-order valence-corrected chi connectivity index (χ4v) is 5.76. The number of nitrogens with one attached hydrogen (secondary N) is 4. The van der Waals surface area contributed by atoms with Gasteiger partial charge in [-0.1, -0.05) is 64.4 Å². The normalized spacial score (nSPS) is 17.8. The van der Waals surface area contributed by atoms with Gasteiger partial charge in [0.2, 0.25) is 29.4 Å². The maximum absolute atomic E-state index is 14.2. The van der Waals surface area contributed by atoms with E-state index in [1.807, 2.05) is 20.8 Å². The van der Waals surface area contributed by atoms with Gasteiger partial charge in [-0.2, -0.15) is 0 Å². The van der Waals surface area contributed by atoms with Crippen LogP contribution in [-0.2, 0) is 38.2 Å². The zero-order valence-electron chi connectivity index (χ0n) is 33.4. The average Bonchev–Trinajstić information content (AvgIpc) is 3.44. The molecular weight excluding hydrogens is 684 g/mol. The Morgan fingerprint density at radius 2 is 1.47 bits per heavy atom. The zero-order valence-corrected chi connectivity index (χ0v) is 33.4. The number of hydrogen-bond donors (Lipinski definition) is 4. The van der Waals surface area contributed by atoms with Crippen molar-refractivity contribution in [3.05, 3.63) is 35.9 Å². The number of carbonyl (C=O) groups excluding carboxylic acids is 7. The fraction of sp³-hybridized carbons (Fsp3) is 0.658. The van der Waals surface area contributed by atoms with Crippen molar-refractivity contribution in [1.29, 1.82) is 0 Å². The van der Waals surface area contributed by atoms with Crippen LogP contribution < -0.4 is 21.3 Å². The molecule has 1 aromatic rings. The van der Waals surface area contributed by atoms with Crippen molar-refractivity contribution in [3.8, 4) is 0 Å². The first-order valence-corrected chi connectivity index (χ1v) is 18.0. The van der Waals surface area contributed by atoms with E-state index >= 15 is 0 Å². The Labute approximate surface area is 313 Å². The van der Waals surface area contributed by atoms with Gasteiger partial charge in [0, 0.05) is 20.6 Å². The number of amides is 6. The van der Waals surface area contributed by atoms with E-state index in [0.717, 1.165) is 0 Å². The van der Waals surface area contributed by atoms with Gasteiger partial charge in [-0.25, -0.2) is 4.79 Å². The Balaban J connectivity index is 2.28. The lowest BCUT2D eigenvalue weighted by molar-refractivity contribution is -0.149. The Hall–Kier alpha value is -4.53. The van der Waals surface area contributed by atoms with Crippen LogP contribution in [0.3, 0.4) is 0 Å². The molecule has 1 fully saturated rings. The molecule has 53 heavy (non-hydrogen) atoms. The molecule has 0 saturated carbocycles. The molecule has 4 N–H and O–H groups in total. The van der Waals surface area contributed by atoms with Crippen molar-refractivity contribution in [2.45, 2.75) is 130 Å². The van der Waals surface area contributed by atoms with Crippen LogP contribution in [0.5, 0.6) is 0 Å². The van der Waals surface area contributed by atoms with E-state index in [-0.39, 0.29) is 18.9 Å². The third-order valence-corrected chi connectivity index (χ3v) is 8.14. The molecule has 0 bridgehead atoms. The van der Waals surface area contributed by atoms with Gasteiger partial charge in [-0.3, -0.25) is 28.8 Å². The van der Waals surface area contributed by atoms with Crippen molar-refractivity contribution in [1.82, 2.24) is 31.1 Å². The van der Waals surface area contributed by atoms with E-state index in [4.69, 9.17) is 9.47 Å². The van der Waals surface area contributed by atoms with E-state index in [2.05, 4.69) is 21.3 Å². The summed E-state index contributed by atoms with van der Waals surface area (Å²) in [5, 5.41) is 10.3. The molecule has 6 amide bonds. The summed E-state index contributed by atoms with van der Waals surface area (Å²) in [7, 11) is 3.10. The lowest BCUT2D eigenvalue weighted by Gasteiger charge is -2.37. The molecule has 1 aromatic carbocycles. The van der Waals surface area contributed by atoms with Gasteiger partial charge in [0.15, 0.2) is 0 Å². The number of carbonyl (C=O) groups is 7. The van der Waals surface area contributed by atoms with Crippen LogP contribution in [0.4, 0.5) is 4.79 Å². The van der Waals surface area contributed by atoms with E-state index in [9.17, 15) is 33.6 Å². The van der Waals surface area contributed by atoms with Crippen LogP contribution >= 0.6 is 0 Å². The third kappa shape index (κ3) is 13.8. The largest absolute Gasteiger partial charge is 0.444 e. The highest BCUT2D eigenvalue weighted by Gasteiger charge is 2.48. The van der Waals surface area contributed by atoms with Gasteiger partial charge < -0.3 is 40.5 Å². The van der Waals surface area contributed by atoms with Gasteiger partial charge in [-0.15, -0.1) is 0 Å². The number of alkyl carbamates (subject to hydrolysis) is 1. The van der Waals surface area contributed by atoms with E-state index in [1.54, 1.807) is 92.9 Å². The number of Topliss-reactive ketones (excluding diaryl/α,β-unsaturated/α-hetero) is 1. The molecular formula is C38H60N6O9. The first-order chi connectivity index (χ1) is 24.4. The molecule has 0 aliphatic carbocycles. The van der Waals surface area contributed by atoms with Gasteiger partial charge in [0.1, 0.15) is 23.7 Å². The van der Waals surface area contributed by atoms with Gasteiger partial charge in [0.05, 0.1) is 24.3 Å². The SMILES string of the molecule is CCC[C@@H](NC(=O)C1[C@@H](OC(C)(C)C)CCN1C(=O)[C@@H](NC(=O)OC(C)(C)C)C(C)(C)C)C(=O)C(=O)NCC(=O)NC(C(=O)N(C)C)c1ccccc1. The van der Waals surface area contributed by atoms with Crippen LogP contribution in [0.2, 0.25) is 0 Å². The van der Waals surface area contributed by atoms with Crippen molar-refractivity contribution in [2.24, 2.45) is 5.41 Å². The number of rotatable bonds is 14. The number of benzene rings is 1. The van der Waals surface area contributed by atoms with Crippen molar-refractivity contribution in [3.63, 3.8) is 0 Å². The maximum Gasteiger partial charge on any atom is 0.408 e. The third-order valence-electron chi connectivity index (χ3n) is 8.14. The number of ether oxygens (including phenoxy) is 2. The molecule has 2 unspecified atom stereocenters. The van der Waals surface area contributed by atoms with Gasteiger partial charge in [-0.05, 0) is 65.4 Å². The molecule has 5 atom stereocenters. The van der Waals surface area contributed by atoms with Crippen molar-refractivity contribution in [2.75, 3.05) is 27.2 Å². The minimum absolute atomic E-state index is 0.0912. The van der Waals surface area contributed by atoms with Crippen LogP contribution in [0.1, 0.15) is 100 Å². The van der Waals surface area contributed by atoms with Crippen LogP contribution in [0.15, 0.2) is 30.3 Å². The molecule has 1 aliphatic heterocycles. The highest BCUT2D eigenvalue weighted by Crippen LogP contribution is 2.30. The van der Waals surface area contributed by atoms with E-state index < -0.39 is 88.9 Å². The number of likely N-dealkylation sites (tertiary alicyclic amines) is 1. The van der Waals surface area contributed by atoms with Crippen LogP contribution in [-0.4, -0.2) is 114 Å². The van der Waals surface area contributed by atoms with Crippen molar-refractivity contribution < 1.29 is 43.0 Å². The number of likely N-dealkylation sites (N-methyl/N-ethyl adjacent to an activating group) is 1. The minimum Gasteiger partial charge on any atom is -0.444 e. The molecule has 1 saturated heterocycles. The summed E-state index contributed by atoms with van der Waals surface area (Å²) in [4.78, 5) is 96.0. The highest BCUT2D eigenvalue weighted by molar-refractivity contribution is 6.38. The molecule has 0 aromatic heterocycles. The summed E-state index contributed by atoms with van der Waals surface area (Å²) in [6.45, 7) is 17.2. The molecule has 0 spiro atoms. The quantitative estimate of drug-likeness (QED) is 0.207. The number of nitrogens with zero attached hydrogens (tertiary/aromatic N) is 2. The first kappa shape index (κ1) is 44.6. The Morgan fingerprint density at radius 1 is 0.868 bits per heavy atom. The molecule has 1 heterocycles. The predicted octanol–water partition coefficient (Wildman–Crippen LogP) is 2.63.